The van der Waals surface area contributed by atoms with Crippen molar-refractivity contribution in [3.05, 3.63) is 28.2 Å². The average molecular weight is 567 g/mol. The van der Waals surface area contributed by atoms with Crippen LogP contribution in [0, 0.1) is 28.1 Å². The summed E-state index contributed by atoms with van der Waals surface area (Å²) in [6, 6.07) is 4.37. The number of ether oxygens (including phenoxy) is 1. The van der Waals surface area contributed by atoms with Crippen molar-refractivity contribution in [3.63, 3.8) is 0 Å². The number of primary amides is 1. The van der Waals surface area contributed by atoms with Gasteiger partial charge < -0.3 is 15.6 Å². The summed E-state index contributed by atoms with van der Waals surface area (Å²) in [5.41, 5.74) is 0.160. The lowest BCUT2D eigenvalue weighted by Crippen LogP contribution is -2.45. The van der Waals surface area contributed by atoms with Gasteiger partial charge in [-0.1, -0.05) is 15.9 Å². The molecule has 2 fully saturated rings. The predicted molar refractivity (Wildman–Crippen MR) is 115 cm³/mol. The molecule has 2 aliphatic rings. The fourth-order valence-electron chi connectivity index (χ4n) is 5.01. The van der Waals surface area contributed by atoms with Crippen LogP contribution in [-0.4, -0.2) is 42.9 Å². The predicted octanol–water partition coefficient (Wildman–Crippen LogP) is 3.28. The van der Waals surface area contributed by atoms with E-state index in [0.29, 0.717) is 6.07 Å². The summed E-state index contributed by atoms with van der Waals surface area (Å²) in [4.78, 5) is 23.6. The molecule has 0 spiro atoms. The maximum Gasteiger partial charge on any atom is 0.417 e. The van der Waals surface area contributed by atoms with Crippen LogP contribution in [0.5, 0.6) is 0 Å². The number of carbonyl (C=O) groups excluding carboxylic acids is 1. The monoisotopic (exact) mass is 566 g/mol. The molecule has 0 aliphatic heterocycles. The lowest BCUT2D eigenvalue weighted by Gasteiger charge is -2.33. The van der Waals surface area contributed by atoms with Crippen LogP contribution in [0.15, 0.2) is 27.6 Å². The van der Waals surface area contributed by atoms with E-state index in [4.69, 9.17) is 10.5 Å². The lowest BCUT2D eigenvalue weighted by atomic mass is 9.75. The Morgan fingerprint density at radius 2 is 1.94 bits per heavy atom. The van der Waals surface area contributed by atoms with Gasteiger partial charge in [0.2, 0.25) is 5.91 Å². The Morgan fingerprint density at radius 1 is 1.32 bits per heavy atom. The molecular formula is C21H22BrF3N2O6S. The highest BCUT2D eigenvalue weighted by Gasteiger charge is 2.75. The largest absolute Gasteiger partial charge is 0.481 e. The van der Waals surface area contributed by atoms with E-state index in [-0.39, 0.29) is 10.9 Å². The van der Waals surface area contributed by atoms with E-state index < -0.39 is 85.4 Å². The Labute approximate surface area is 202 Å². The smallest absolute Gasteiger partial charge is 0.417 e. The van der Waals surface area contributed by atoms with Crippen LogP contribution < -0.4 is 5.73 Å². The minimum Gasteiger partial charge on any atom is -0.481 e. The van der Waals surface area contributed by atoms with Crippen LogP contribution in [0.1, 0.15) is 38.7 Å². The molecule has 0 heterocycles. The molecule has 0 aromatic heterocycles. The number of alkyl halides is 3. The molecule has 0 saturated heterocycles. The number of halogens is 4. The first-order valence-corrected chi connectivity index (χ1v) is 12.6. The second-order valence-electron chi connectivity index (χ2n) is 8.97. The zero-order chi connectivity index (χ0) is 25.9. The van der Waals surface area contributed by atoms with Gasteiger partial charge in [0.15, 0.2) is 9.84 Å². The summed E-state index contributed by atoms with van der Waals surface area (Å²) in [5, 5.41) is 18.2. The maximum absolute atomic E-state index is 13.7. The van der Waals surface area contributed by atoms with Crippen LogP contribution in [0.3, 0.4) is 0 Å². The zero-order valence-electron chi connectivity index (χ0n) is 18.1. The van der Waals surface area contributed by atoms with Gasteiger partial charge in [0.1, 0.15) is 10.8 Å². The number of aliphatic carboxylic acids is 1. The average Bonchev–Trinajstić information content (AvgIpc) is 3.34. The van der Waals surface area contributed by atoms with Crippen LogP contribution in [-0.2, 0) is 30.3 Å². The third-order valence-electron chi connectivity index (χ3n) is 6.67. The number of rotatable bonds is 7. The summed E-state index contributed by atoms with van der Waals surface area (Å²) in [5.74, 6) is -3.68. The van der Waals surface area contributed by atoms with Crippen molar-refractivity contribution in [2.75, 3.05) is 0 Å². The molecule has 2 saturated carbocycles. The van der Waals surface area contributed by atoms with Crippen molar-refractivity contribution in [3.8, 4) is 6.07 Å². The van der Waals surface area contributed by atoms with Crippen molar-refractivity contribution in [1.82, 2.24) is 0 Å². The third-order valence-corrected chi connectivity index (χ3v) is 9.36. The van der Waals surface area contributed by atoms with Gasteiger partial charge in [0.25, 0.3) is 0 Å². The van der Waals surface area contributed by atoms with E-state index in [2.05, 4.69) is 15.9 Å². The molecule has 0 bridgehead atoms. The number of benzene rings is 1. The Kier molecular flexibility index (Phi) is 6.60. The number of nitrogens with zero attached hydrogens (tertiary/aromatic N) is 1. The minimum absolute atomic E-state index is 0.0179. The molecule has 34 heavy (non-hydrogen) atoms. The number of hydrogen-bond acceptors (Lipinski definition) is 6. The van der Waals surface area contributed by atoms with E-state index >= 15 is 0 Å². The number of carboxylic acid groups (broad SMARTS) is 1. The Bertz CT molecular complexity index is 1180. The molecule has 1 aromatic carbocycles. The zero-order valence-corrected chi connectivity index (χ0v) is 20.5. The second-order valence-corrected chi connectivity index (χ2v) is 12.1. The summed E-state index contributed by atoms with van der Waals surface area (Å²) in [7, 11) is -4.70. The number of carboxylic acids is 1. The number of amides is 1. The lowest BCUT2D eigenvalue weighted by molar-refractivity contribution is -0.163. The van der Waals surface area contributed by atoms with Crippen LogP contribution in [0.2, 0.25) is 0 Å². The topological polar surface area (TPSA) is 148 Å². The van der Waals surface area contributed by atoms with Gasteiger partial charge in [0, 0.05) is 10.4 Å². The first-order chi connectivity index (χ1) is 15.5. The van der Waals surface area contributed by atoms with Gasteiger partial charge in [-0.15, -0.1) is 0 Å². The number of nitrogens with two attached hydrogens (primary N) is 1. The number of nitriles is 1. The van der Waals surface area contributed by atoms with Crippen molar-refractivity contribution >= 4 is 37.6 Å². The second kappa shape index (κ2) is 8.49. The number of sulfone groups is 1. The molecule has 2 aliphatic carbocycles. The Balaban J connectivity index is 2.14. The number of carbonyl (C=O) groups is 2. The molecular weight excluding hydrogens is 545 g/mol. The minimum atomic E-state index is -4.99. The molecule has 1 aromatic rings. The summed E-state index contributed by atoms with van der Waals surface area (Å²) in [6.45, 7) is 3.17. The first-order valence-electron chi connectivity index (χ1n) is 10.2. The first kappa shape index (κ1) is 26.4. The van der Waals surface area contributed by atoms with Gasteiger partial charge in [-0.05, 0) is 51.3 Å². The number of hydrogen-bond donors (Lipinski definition) is 2. The van der Waals surface area contributed by atoms with E-state index in [0.717, 1.165) is 12.1 Å². The quantitative estimate of drug-likeness (QED) is 0.514. The highest BCUT2D eigenvalue weighted by molar-refractivity contribution is 9.10. The standard InChI is InChI=1S/C21H22BrF3N2O6S/c1-10(2)33-16-6-12(7-20(16,18(29)30)15-8-19(15,9-26)17(27)28)34(31,32)14-4-3-11(22)5-13(14)21(23,24)25/h3-5,10,12,15-16H,6-8H2,1-2H3,(H2,27,28)(H,29,30)/t12-,15?,16+,19?,20+/m0/s1. The van der Waals surface area contributed by atoms with Crippen LogP contribution in [0.4, 0.5) is 13.2 Å². The normalized spacial score (nSPS) is 31.3. The summed E-state index contributed by atoms with van der Waals surface area (Å²) in [6.07, 6.45) is -8.07. The fourth-order valence-corrected chi connectivity index (χ4v) is 7.39. The summed E-state index contributed by atoms with van der Waals surface area (Å²) < 4.78 is 73.6. The van der Waals surface area contributed by atoms with E-state index in [1.165, 1.54) is 0 Å². The van der Waals surface area contributed by atoms with Crippen molar-refractivity contribution < 1.29 is 41.0 Å². The summed E-state index contributed by atoms with van der Waals surface area (Å²) >= 11 is 2.91. The van der Waals surface area contributed by atoms with Crippen molar-refractivity contribution in [2.45, 2.75) is 61.6 Å². The van der Waals surface area contributed by atoms with E-state index in [9.17, 15) is 41.5 Å². The molecule has 1 amide bonds. The van der Waals surface area contributed by atoms with Gasteiger partial charge in [-0.25, -0.2) is 8.42 Å². The van der Waals surface area contributed by atoms with Gasteiger partial charge in [-0.3, -0.25) is 9.59 Å². The van der Waals surface area contributed by atoms with Gasteiger partial charge >= 0.3 is 12.1 Å². The van der Waals surface area contributed by atoms with Crippen LogP contribution >= 0.6 is 15.9 Å². The SMILES string of the molecule is CC(C)O[C@@H]1C[C@H](S(=O)(=O)c2ccc(Br)cc2C(F)(F)F)C[C@@]1(C(=O)O)C1CC1(C#N)C(N)=O. The molecule has 3 rings (SSSR count). The molecule has 2 unspecified atom stereocenters. The Hall–Kier alpha value is -2.17. The fraction of sp³-hybridized carbons (Fsp3) is 0.571. The molecule has 8 nitrogen and oxygen atoms in total. The molecule has 5 atom stereocenters. The molecule has 0 radical (unpaired) electrons. The van der Waals surface area contributed by atoms with Crippen molar-refractivity contribution in [1.29, 1.82) is 5.26 Å². The molecule has 13 heteroatoms. The highest BCUT2D eigenvalue weighted by Crippen LogP contribution is 2.67. The Morgan fingerprint density at radius 3 is 2.38 bits per heavy atom. The maximum atomic E-state index is 13.7. The molecule has 186 valence electrons. The van der Waals surface area contributed by atoms with Crippen LogP contribution in [0.25, 0.3) is 0 Å². The van der Waals surface area contributed by atoms with Gasteiger partial charge in [0.05, 0.1) is 34.0 Å². The van der Waals surface area contributed by atoms with E-state index in [1.54, 1.807) is 19.9 Å². The van der Waals surface area contributed by atoms with Gasteiger partial charge in [-0.2, -0.15) is 18.4 Å². The third kappa shape index (κ3) is 4.09. The van der Waals surface area contributed by atoms with Crippen molar-refractivity contribution in [2.24, 2.45) is 22.5 Å². The highest BCUT2D eigenvalue weighted by atomic mass is 79.9. The van der Waals surface area contributed by atoms with E-state index in [1.807, 2.05) is 0 Å². The molecule has 3 N–H and O–H groups in total.